The van der Waals surface area contributed by atoms with E-state index in [1.165, 1.54) is 19.3 Å². The SMILES string of the molecule is Nc1nc2nc(C3CC4CC4C3)[nH]c2c(=O)[nH]1. The van der Waals surface area contributed by atoms with Crippen molar-refractivity contribution in [3.05, 3.63) is 16.2 Å². The van der Waals surface area contributed by atoms with Crippen molar-refractivity contribution in [2.24, 2.45) is 11.8 Å². The van der Waals surface area contributed by atoms with Crippen molar-refractivity contribution in [1.29, 1.82) is 0 Å². The Morgan fingerprint density at radius 3 is 2.65 bits per heavy atom. The van der Waals surface area contributed by atoms with Crippen molar-refractivity contribution in [2.45, 2.75) is 25.2 Å². The third kappa shape index (κ3) is 1.30. The number of nitrogens with zero attached hydrogens (tertiary/aromatic N) is 2. The topological polar surface area (TPSA) is 100 Å². The van der Waals surface area contributed by atoms with Gasteiger partial charge in [0.2, 0.25) is 5.95 Å². The van der Waals surface area contributed by atoms with Gasteiger partial charge in [0.25, 0.3) is 5.56 Å². The van der Waals surface area contributed by atoms with Gasteiger partial charge in [-0.15, -0.1) is 0 Å². The number of nitrogen functional groups attached to an aromatic ring is 1. The minimum Gasteiger partial charge on any atom is -0.369 e. The minimum atomic E-state index is -0.241. The van der Waals surface area contributed by atoms with Crippen molar-refractivity contribution in [2.75, 3.05) is 5.73 Å². The van der Waals surface area contributed by atoms with Crippen LogP contribution in [0.3, 0.4) is 0 Å². The summed E-state index contributed by atoms with van der Waals surface area (Å²) < 4.78 is 0. The van der Waals surface area contributed by atoms with Crippen molar-refractivity contribution < 1.29 is 0 Å². The molecule has 2 aromatic heterocycles. The maximum atomic E-state index is 11.7. The third-order valence-electron chi connectivity index (χ3n) is 4.03. The van der Waals surface area contributed by atoms with Gasteiger partial charge in [0.15, 0.2) is 11.2 Å². The second kappa shape index (κ2) is 2.88. The Kier molecular flexibility index (Phi) is 1.56. The first-order valence-electron chi connectivity index (χ1n) is 5.96. The van der Waals surface area contributed by atoms with Crippen LogP contribution in [0.1, 0.15) is 31.0 Å². The van der Waals surface area contributed by atoms with Gasteiger partial charge >= 0.3 is 0 Å². The molecular weight excluding hydrogens is 218 g/mol. The molecule has 2 aromatic rings. The fourth-order valence-electron chi connectivity index (χ4n) is 3.07. The van der Waals surface area contributed by atoms with E-state index >= 15 is 0 Å². The maximum absolute atomic E-state index is 11.7. The summed E-state index contributed by atoms with van der Waals surface area (Å²) in [4.78, 5) is 25.7. The van der Waals surface area contributed by atoms with Gasteiger partial charge in [0.05, 0.1) is 0 Å². The van der Waals surface area contributed by atoms with Crippen LogP contribution in [0.15, 0.2) is 4.79 Å². The van der Waals surface area contributed by atoms with Crippen molar-refractivity contribution >= 4 is 17.1 Å². The first-order chi connectivity index (χ1) is 8.20. The number of nitrogens with one attached hydrogen (secondary N) is 2. The summed E-state index contributed by atoms with van der Waals surface area (Å²) in [5, 5.41) is 0. The Morgan fingerprint density at radius 1 is 1.12 bits per heavy atom. The molecule has 2 aliphatic rings. The molecule has 2 fully saturated rings. The van der Waals surface area contributed by atoms with Gasteiger partial charge in [-0.2, -0.15) is 4.98 Å². The molecule has 88 valence electrons. The molecule has 2 saturated carbocycles. The van der Waals surface area contributed by atoms with E-state index < -0.39 is 0 Å². The summed E-state index contributed by atoms with van der Waals surface area (Å²) in [7, 11) is 0. The number of fused-ring (bicyclic) bond motifs is 2. The quantitative estimate of drug-likeness (QED) is 0.673. The van der Waals surface area contributed by atoms with Crippen molar-refractivity contribution in [3.63, 3.8) is 0 Å². The van der Waals surface area contributed by atoms with E-state index in [1.807, 2.05) is 0 Å². The van der Waals surface area contributed by atoms with Crippen LogP contribution in [0.25, 0.3) is 11.2 Å². The molecule has 0 spiro atoms. The van der Waals surface area contributed by atoms with Crippen LogP contribution in [0.4, 0.5) is 5.95 Å². The van der Waals surface area contributed by atoms with E-state index in [-0.39, 0.29) is 11.5 Å². The van der Waals surface area contributed by atoms with Gasteiger partial charge in [-0.3, -0.25) is 9.78 Å². The number of H-pyrrole nitrogens is 2. The normalized spacial score (nSPS) is 30.7. The zero-order valence-corrected chi connectivity index (χ0v) is 9.23. The lowest BCUT2D eigenvalue weighted by atomic mass is 10.0. The van der Waals surface area contributed by atoms with Crippen molar-refractivity contribution in [3.8, 4) is 0 Å². The molecule has 2 unspecified atom stereocenters. The number of rotatable bonds is 1. The predicted molar refractivity (Wildman–Crippen MR) is 62.5 cm³/mol. The van der Waals surface area contributed by atoms with Crippen LogP contribution >= 0.6 is 0 Å². The summed E-state index contributed by atoms with van der Waals surface area (Å²) in [6, 6.07) is 0. The molecule has 0 radical (unpaired) electrons. The Bertz CT molecular complexity index is 647. The third-order valence-corrected chi connectivity index (χ3v) is 4.03. The molecule has 0 saturated heterocycles. The number of anilines is 1. The molecular formula is C11H13N5O. The maximum Gasteiger partial charge on any atom is 0.278 e. The van der Waals surface area contributed by atoms with E-state index in [4.69, 9.17) is 5.73 Å². The van der Waals surface area contributed by atoms with Gasteiger partial charge in [-0.25, -0.2) is 4.98 Å². The van der Waals surface area contributed by atoms with Crippen LogP contribution in [-0.4, -0.2) is 19.9 Å². The number of nitrogens with two attached hydrogens (primary N) is 1. The predicted octanol–water partition coefficient (Wildman–Crippen LogP) is 0.742. The Morgan fingerprint density at radius 2 is 1.88 bits per heavy atom. The average molecular weight is 231 g/mol. The van der Waals surface area contributed by atoms with Gasteiger partial charge in [0.1, 0.15) is 5.82 Å². The molecule has 6 heteroatoms. The molecule has 0 amide bonds. The standard InChI is InChI=1S/C11H13N5O/c12-11-15-9-7(10(17)16-11)13-8(14-9)6-2-4-1-5(4)3-6/h4-6H,1-3H2,(H4,12,13,14,15,16,17). The molecule has 4 N–H and O–H groups in total. The van der Waals surface area contributed by atoms with Crippen LogP contribution in [-0.2, 0) is 0 Å². The van der Waals surface area contributed by atoms with E-state index in [2.05, 4.69) is 19.9 Å². The Labute approximate surface area is 96.7 Å². The molecule has 2 aliphatic carbocycles. The number of imidazole rings is 1. The molecule has 2 heterocycles. The van der Waals surface area contributed by atoms with Crippen molar-refractivity contribution in [1.82, 2.24) is 19.9 Å². The zero-order valence-electron chi connectivity index (χ0n) is 9.23. The average Bonchev–Trinajstić information content (AvgIpc) is 2.76. The lowest BCUT2D eigenvalue weighted by Crippen LogP contribution is -2.10. The highest BCUT2D eigenvalue weighted by Gasteiger charge is 2.47. The van der Waals surface area contributed by atoms with Crippen LogP contribution < -0.4 is 11.3 Å². The van der Waals surface area contributed by atoms with Crippen LogP contribution in [0, 0.1) is 11.8 Å². The largest absolute Gasteiger partial charge is 0.369 e. The van der Waals surface area contributed by atoms with Crippen LogP contribution in [0.2, 0.25) is 0 Å². The van der Waals surface area contributed by atoms with E-state index in [1.54, 1.807) is 0 Å². The molecule has 0 aromatic carbocycles. The van der Waals surface area contributed by atoms with E-state index in [9.17, 15) is 4.79 Å². The number of hydrogen-bond acceptors (Lipinski definition) is 4. The number of hydrogen-bond donors (Lipinski definition) is 3. The van der Waals surface area contributed by atoms with Gasteiger partial charge in [-0.1, -0.05) is 0 Å². The smallest absolute Gasteiger partial charge is 0.278 e. The van der Waals surface area contributed by atoms with E-state index in [0.717, 1.165) is 17.7 Å². The summed E-state index contributed by atoms with van der Waals surface area (Å²) in [5.41, 5.74) is 6.13. The van der Waals surface area contributed by atoms with Gasteiger partial charge < -0.3 is 10.7 Å². The highest BCUT2D eigenvalue weighted by Crippen LogP contribution is 2.57. The summed E-state index contributed by atoms with van der Waals surface area (Å²) in [6.07, 6.45) is 3.76. The van der Waals surface area contributed by atoms with Gasteiger partial charge in [0, 0.05) is 5.92 Å². The highest BCUT2D eigenvalue weighted by molar-refractivity contribution is 5.70. The van der Waals surface area contributed by atoms with E-state index in [0.29, 0.717) is 17.1 Å². The Hall–Kier alpha value is -1.85. The first kappa shape index (κ1) is 9.21. The lowest BCUT2D eigenvalue weighted by Gasteiger charge is -2.06. The minimum absolute atomic E-state index is 0.120. The molecule has 0 bridgehead atoms. The number of aromatic nitrogens is 4. The first-order valence-corrected chi connectivity index (χ1v) is 5.96. The summed E-state index contributed by atoms with van der Waals surface area (Å²) in [6.45, 7) is 0. The zero-order chi connectivity index (χ0) is 11.6. The second-order valence-electron chi connectivity index (χ2n) is 5.20. The lowest BCUT2D eigenvalue weighted by molar-refractivity contribution is 0.597. The fourth-order valence-corrected chi connectivity index (χ4v) is 3.07. The summed E-state index contributed by atoms with van der Waals surface area (Å²) >= 11 is 0. The molecule has 4 rings (SSSR count). The Balaban J connectivity index is 1.81. The molecule has 6 nitrogen and oxygen atoms in total. The van der Waals surface area contributed by atoms with Crippen LogP contribution in [0.5, 0.6) is 0 Å². The molecule has 2 atom stereocenters. The number of aromatic amines is 2. The molecule has 17 heavy (non-hydrogen) atoms. The second-order valence-corrected chi connectivity index (χ2v) is 5.20. The highest BCUT2D eigenvalue weighted by atomic mass is 16.1. The monoisotopic (exact) mass is 231 g/mol. The fraction of sp³-hybridized carbons (Fsp3) is 0.545. The molecule has 0 aliphatic heterocycles. The summed E-state index contributed by atoms with van der Waals surface area (Å²) in [5.74, 6) is 3.27. The van der Waals surface area contributed by atoms with Gasteiger partial charge in [-0.05, 0) is 31.1 Å².